The average molecular weight is 930 g/mol. The summed E-state index contributed by atoms with van der Waals surface area (Å²) in [6.07, 6.45) is 0. The lowest BCUT2D eigenvalue weighted by Gasteiger charge is -2.27. The maximum Gasteiger partial charge on any atom is 0.235 e. The van der Waals surface area contributed by atoms with Crippen molar-refractivity contribution in [2.45, 2.75) is 6.92 Å². The van der Waals surface area contributed by atoms with Crippen LogP contribution in [0.15, 0.2) is 36.9 Å². The zero-order chi connectivity index (χ0) is 46.5. The number of rotatable bonds is 49. The van der Waals surface area contributed by atoms with Crippen molar-refractivity contribution < 1.29 is 71.1 Å². The lowest BCUT2D eigenvalue weighted by atomic mass is 10.3. The highest BCUT2D eigenvalue weighted by Crippen LogP contribution is 2.25. The van der Waals surface area contributed by atoms with Crippen molar-refractivity contribution in [2.24, 2.45) is 0 Å². The summed E-state index contributed by atoms with van der Waals surface area (Å²) in [6.45, 7) is 20.4. The molecule has 65 heavy (non-hydrogen) atoms. The molecule has 0 saturated heterocycles. The third-order valence-electron chi connectivity index (χ3n) is 8.70. The summed E-state index contributed by atoms with van der Waals surface area (Å²) in [7, 11) is 4.93. The molecule has 2 aromatic rings. The number of nitrogens with zero attached hydrogens (tertiary/aromatic N) is 5. The van der Waals surface area contributed by atoms with Crippen molar-refractivity contribution in [2.75, 3.05) is 229 Å². The first-order chi connectivity index (χ1) is 32.1. The number of allylic oxidation sites excluding steroid dienone is 1. The van der Waals surface area contributed by atoms with Gasteiger partial charge in [-0.1, -0.05) is 24.8 Å². The lowest BCUT2D eigenvalue weighted by Crippen LogP contribution is -2.34. The molecule has 0 spiro atoms. The van der Waals surface area contributed by atoms with E-state index in [2.05, 4.69) is 6.58 Å². The monoisotopic (exact) mass is 930 g/mol. The molecule has 20 nitrogen and oxygen atoms in total. The number of aromatic nitrogens is 3. The molecule has 0 saturated carbocycles. The first-order valence-corrected chi connectivity index (χ1v) is 22.5. The van der Waals surface area contributed by atoms with Crippen molar-refractivity contribution >= 4 is 23.2 Å². The second-order valence-corrected chi connectivity index (χ2v) is 13.8. The van der Waals surface area contributed by atoms with Crippen molar-refractivity contribution in [1.82, 2.24) is 15.0 Å². The first-order valence-electron chi connectivity index (χ1n) is 22.5. The van der Waals surface area contributed by atoms with E-state index in [-0.39, 0.29) is 0 Å². The van der Waals surface area contributed by atoms with E-state index in [1.807, 2.05) is 47.1 Å². The highest BCUT2D eigenvalue weighted by atomic mass is 16.6. The number of hydrogen-bond acceptors (Lipinski definition) is 20. The van der Waals surface area contributed by atoms with Gasteiger partial charge in [0.1, 0.15) is 0 Å². The Morgan fingerprint density at radius 3 is 1.00 bits per heavy atom. The van der Waals surface area contributed by atoms with E-state index in [0.29, 0.717) is 221 Å². The van der Waals surface area contributed by atoms with Gasteiger partial charge in [-0.2, -0.15) is 15.0 Å². The Morgan fingerprint density at radius 1 is 0.385 bits per heavy atom. The summed E-state index contributed by atoms with van der Waals surface area (Å²) in [5.74, 6) is 1.41. The zero-order valence-electron chi connectivity index (χ0n) is 39.7. The number of benzene rings is 1. The van der Waals surface area contributed by atoms with Gasteiger partial charge >= 0.3 is 0 Å². The standard InChI is InChI=1S/C45H79N5O15/c1-41(2)43-46-44(48-45(47-43)50(42-9-7-6-8-10-42)13-16-56-25-28-62-37-40-65-34-31-59-22-19-53-5)49(11-14-54-23-26-60-35-38-63-32-29-57-20-17-51-3)12-15-55-24-27-61-36-39-64-33-30-58-21-18-52-4/h6-10H,1,11-40H2,2-5H3. The predicted octanol–water partition coefficient (Wildman–Crippen LogP) is 2.99. The van der Waals surface area contributed by atoms with Crippen LogP contribution in [0.3, 0.4) is 0 Å². The lowest BCUT2D eigenvalue weighted by molar-refractivity contribution is -0.00816. The minimum atomic E-state index is 0.399. The quantitative estimate of drug-likeness (QED) is 0.0882. The Labute approximate surface area is 387 Å². The third kappa shape index (κ3) is 32.3. The van der Waals surface area contributed by atoms with E-state index < -0.39 is 0 Å². The maximum atomic E-state index is 5.99. The van der Waals surface area contributed by atoms with Crippen LogP contribution >= 0.6 is 0 Å². The van der Waals surface area contributed by atoms with Crippen LogP contribution in [0.25, 0.3) is 5.57 Å². The Hall–Kier alpha value is -3.03. The molecular formula is C45H79N5O15. The van der Waals surface area contributed by atoms with Crippen molar-refractivity contribution in [3.05, 3.63) is 42.7 Å². The van der Waals surface area contributed by atoms with Crippen LogP contribution < -0.4 is 9.80 Å². The Bertz CT molecular complexity index is 1330. The molecule has 0 radical (unpaired) electrons. The molecule has 0 aliphatic rings. The fourth-order valence-corrected chi connectivity index (χ4v) is 5.29. The van der Waals surface area contributed by atoms with Crippen molar-refractivity contribution in [1.29, 1.82) is 0 Å². The summed E-state index contributed by atoms with van der Waals surface area (Å²) in [5.41, 5.74) is 1.60. The van der Waals surface area contributed by atoms with Gasteiger partial charge < -0.3 is 80.9 Å². The normalized spacial score (nSPS) is 11.4. The predicted molar refractivity (Wildman–Crippen MR) is 246 cm³/mol. The Kier molecular flexibility index (Phi) is 38.9. The van der Waals surface area contributed by atoms with E-state index in [9.17, 15) is 0 Å². The van der Waals surface area contributed by atoms with Crippen LogP contribution in [-0.4, -0.2) is 234 Å². The highest BCUT2D eigenvalue weighted by Gasteiger charge is 2.20. The second kappa shape index (κ2) is 43.5. The van der Waals surface area contributed by atoms with Gasteiger partial charge in [-0.15, -0.1) is 0 Å². The van der Waals surface area contributed by atoms with Crippen LogP contribution in [0.2, 0.25) is 0 Å². The van der Waals surface area contributed by atoms with Gasteiger partial charge in [-0.05, 0) is 24.6 Å². The largest absolute Gasteiger partial charge is 0.382 e. The number of ether oxygens (including phenoxy) is 15. The first kappa shape index (κ1) is 58.1. The second-order valence-electron chi connectivity index (χ2n) is 13.8. The molecule has 374 valence electrons. The summed E-state index contributed by atoms with van der Waals surface area (Å²) in [6, 6.07) is 9.94. The molecule has 0 aliphatic carbocycles. The third-order valence-corrected chi connectivity index (χ3v) is 8.70. The molecule has 1 heterocycles. The smallest absolute Gasteiger partial charge is 0.235 e. The minimum absolute atomic E-state index is 0.399. The molecule has 1 aromatic carbocycles. The molecule has 0 bridgehead atoms. The maximum absolute atomic E-state index is 5.99. The zero-order valence-corrected chi connectivity index (χ0v) is 39.7. The van der Waals surface area contributed by atoms with E-state index in [1.165, 1.54) is 0 Å². The summed E-state index contributed by atoms with van der Waals surface area (Å²) < 4.78 is 82.8. The topological polar surface area (TPSA) is 184 Å². The number of anilines is 3. The van der Waals surface area contributed by atoms with Crippen LogP contribution in [0.4, 0.5) is 17.6 Å². The fourth-order valence-electron chi connectivity index (χ4n) is 5.29. The molecular weight excluding hydrogens is 851 g/mol. The summed E-state index contributed by atoms with van der Waals surface area (Å²) in [5, 5.41) is 0. The van der Waals surface area contributed by atoms with Gasteiger partial charge in [-0.25, -0.2) is 0 Å². The molecule has 0 unspecified atom stereocenters. The number of methoxy groups -OCH3 is 3. The van der Waals surface area contributed by atoms with Gasteiger partial charge in [0.25, 0.3) is 0 Å². The summed E-state index contributed by atoms with van der Waals surface area (Å²) in [4.78, 5) is 18.7. The highest BCUT2D eigenvalue weighted by molar-refractivity contribution is 5.62. The van der Waals surface area contributed by atoms with Gasteiger partial charge in [0.15, 0.2) is 5.82 Å². The van der Waals surface area contributed by atoms with Gasteiger partial charge in [0.05, 0.1) is 178 Å². The van der Waals surface area contributed by atoms with E-state index in [0.717, 1.165) is 5.69 Å². The van der Waals surface area contributed by atoms with Gasteiger partial charge in [-0.3, -0.25) is 0 Å². The van der Waals surface area contributed by atoms with Gasteiger partial charge in [0.2, 0.25) is 11.9 Å². The minimum Gasteiger partial charge on any atom is -0.382 e. The molecule has 0 N–H and O–H groups in total. The average Bonchev–Trinajstić information content (AvgIpc) is 3.32. The Balaban J connectivity index is 1.96. The van der Waals surface area contributed by atoms with E-state index in [4.69, 9.17) is 86.0 Å². The molecule has 2 rings (SSSR count). The van der Waals surface area contributed by atoms with Crippen molar-refractivity contribution in [3.63, 3.8) is 0 Å². The molecule has 1 aromatic heterocycles. The number of para-hydroxylation sites is 1. The SMILES string of the molecule is C=C(C)c1nc(N(CCOCCOCCOCCOCCOC)CCOCCOCCOCCOCCOC)nc(N(CCOCCOCCOCCOCCOC)c2ccccc2)n1. The van der Waals surface area contributed by atoms with Crippen LogP contribution in [0.1, 0.15) is 12.7 Å². The number of hydrogen-bond donors (Lipinski definition) is 0. The van der Waals surface area contributed by atoms with Crippen LogP contribution in [0.5, 0.6) is 0 Å². The summed E-state index contributed by atoms with van der Waals surface area (Å²) >= 11 is 0. The van der Waals surface area contributed by atoms with Crippen LogP contribution in [0, 0.1) is 0 Å². The molecule has 0 fully saturated rings. The molecule has 20 heteroatoms. The Morgan fingerprint density at radius 2 is 0.677 bits per heavy atom. The van der Waals surface area contributed by atoms with Gasteiger partial charge in [0, 0.05) is 46.7 Å². The molecule has 0 amide bonds. The molecule has 0 aliphatic heterocycles. The van der Waals surface area contributed by atoms with Crippen LogP contribution in [-0.2, 0) is 71.1 Å². The fraction of sp³-hybridized carbons (Fsp3) is 0.756. The van der Waals surface area contributed by atoms with E-state index in [1.54, 1.807) is 21.3 Å². The van der Waals surface area contributed by atoms with E-state index >= 15 is 0 Å². The molecule has 0 atom stereocenters. The van der Waals surface area contributed by atoms with Crippen molar-refractivity contribution in [3.8, 4) is 0 Å².